The Morgan fingerprint density at radius 1 is 1.80 bits per heavy atom. The van der Waals surface area contributed by atoms with E-state index in [0.717, 1.165) is 25.1 Å². The molecule has 10 heavy (non-hydrogen) atoms. The molecule has 0 unspecified atom stereocenters. The lowest BCUT2D eigenvalue weighted by Crippen LogP contribution is -2.11. The molecular weight excluding hydrogens is 130 g/mol. The van der Waals surface area contributed by atoms with E-state index in [2.05, 4.69) is 4.90 Å². The van der Waals surface area contributed by atoms with Crippen molar-refractivity contribution in [1.82, 2.24) is 4.90 Å². The van der Waals surface area contributed by atoms with Crippen LogP contribution in [0.15, 0.2) is 11.6 Å². The molecule has 0 spiro atoms. The highest BCUT2D eigenvalue weighted by Gasteiger charge is 2.12. The maximum Gasteiger partial charge on any atom is 0.328 e. The SMILES string of the molecule is CN1CC/C(=C/C(=O)O)C1. The minimum Gasteiger partial charge on any atom is -0.478 e. The molecule has 0 saturated carbocycles. The smallest absolute Gasteiger partial charge is 0.328 e. The van der Waals surface area contributed by atoms with Gasteiger partial charge in [0.2, 0.25) is 0 Å². The second kappa shape index (κ2) is 2.84. The van der Waals surface area contributed by atoms with Gasteiger partial charge in [-0.15, -0.1) is 0 Å². The highest BCUT2D eigenvalue weighted by Crippen LogP contribution is 2.11. The summed E-state index contributed by atoms with van der Waals surface area (Å²) in [6.45, 7) is 1.80. The van der Waals surface area contributed by atoms with Crippen LogP contribution >= 0.6 is 0 Å². The van der Waals surface area contributed by atoms with Crippen LogP contribution in [0.1, 0.15) is 6.42 Å². The second-order valence-corrected chi connectivity index (χ2v) is 2.63. The van der Waals surface area contributed by atoms with Gasteiger partial charge in [-0.2, -0.15) is 0 Å². The van der Waals surface area contributed by atoms with E-state index in [4.69, 9.17) is 5.11 Å². The number of aliphatic carboxylic acids is 1. The van der Waals surface area contributed by atoms with Crippen LogP contribution in [0.5, 0.6) is 0 Å². The Labute approximate surface area is 59.9 Å². The predicted octanol–water partition coefficient (Wildman–Crippen LogP) is 0.333. The molecule has 1 rings (SSSR count). The summed E-state index contributed by atoms with van der Waals surface area (Å²) in [5.41, 5.74) is 1.02. The first-order chi connectivity index (χ1) is 4.68. The Hall–Kier alpha value is -0.830. The third-order valence-corrected chi connectivity index (χ3v) is 1.62. The lowest BCUT2D eigenvalue weighted by molar-refractivity contribution is -0.131. The number of likely N-dealkylation sites (N-methyl/N-ethyl adjacent to an activating group) is 1. The first kappa shape index (κ1) is 7.28. The molecule has 0 radical (unpaired) electrons. The Balaban J connectivity index is 2.51. The molecule has 0 atom stereocenters. The average Bonchev–Trinajstić information content (AvgIpc) is 2.13. The molecule has 1 N–H and O–H groups in total. The van der Waals surface area contributed by atoms with Crippen molar-refractivity contribution in [2.24, 2.45) is 0 Å². The Kier molecular flexibility index (Phi) is 2.06. The number of carbonyl (C=O) groups is 1. The van der Waals surface area contributed by atoms with Gasteiger partial charge in [-0.05, 0) is 19.0 Å². The van der Waals surface area contributed by atoms with E-state index >= 15 is 0 Å². The predicted molar refractivity (Wildman–Crippen MR) is 37.8 cm³/mol. The lowest BCUT2D eigenvalue weighted by Gasteiger charge is -2.01. The van der Waals surface area contributed by atoms with Gasteiger partial charge >= 0.3 is 5.97 Å². The number of carboxylic acid groups (broad SMARTS) is 1. The molecule has 0 aromatic rings. The normalized spacial score (nSPS) is 23.9. The van der Waals surface area contributed by atoms with Crippen molar-refractivity contribution in [2.75, 3.05) is 20.1 Å². The van der Waals surface area contributed by atoms with Crippen LogP contribution in [0.25, 0.3) is 0 Å². The van der Waals surface area contributed by atoms with Crippen LogP contribution in [0, 0.1) is 0 Å². The monoisotopic (exact) mass is 141 g/mol. The minimum absolute atomic E-state index is 0.812. The summed E-state index contributed by atoms with van der Waals surface area (Å²) in [6, 6.07) is 0. The van der Waals surface area contributed by atoms with E-state index in [1.807, 2.05) is 7.05 Å². The molecule has 1 heterocycles. The number of nitrogens with zero attached hydrogens (tertiary/aromatic N) is 1. The van der Waals surface area contributed by atoms with Gasteiger partial charge in [-0.1, -0.05) is 0 Å². The van der Waals surface area contributed by atoms with Crippen molar-refractivity contribution in [2.45, 2.75) is 6.42 Å². The van der Waals surface area contributed by atoms with E-state index in [9.17, 15) is 4.79 Å². The molecule has 1 aliphatic heterocycles. The molecule has 0 aromatic heterocycles. The average molecular weight is 141 g/mol. The van der Waals surface area contributed by atoms with E-state index in [0.29, 0.717) is 0 Å². The molecule has 1 saturated heterocycles. The summed E-state index contributed by atoms with van der Waals surface area (Å²) in [7, 11) is 1.99. The zero-order valence-corrected chi connectivity index (χ0v) is 6.00. The van der Waals surface area contributed by atoms with Gasteiger partial charge in [0, 0.05) is 19.2 Å². The number of rotatable bonds is 1. The number of carboxylic acids is 1. The van der Waals surface area contributed by atoms with E-state index < -0.39 is 5.97 Å². The highest BCUT2D eigenvalue weighted by molar-refractivity contribution is 5.80. The molecule has 56 valence electrons. The molecule has 1 fully saturated rings. The van der Waals surface area contributed by atoms with Crippen LogP contribution in [-0.4, -0.2) is 36.1 Å². The third kappa shape index (κ3) is 1.84. The highest BCUT2D eigenvalue weighted by atomic mass is 16.4. The maximum absolute atomic E-state index is 10.2. The summed E-state index contributed by atoms with van der Waals surface area (Å²) in [6.07, 6.45) is 2.21. The van der Waals surface area contributed by atoms with E-state index in [-0.39, 0.29) is 0 Å². The fourth-order valence-corrected chi connectivity index (χ4v) is 1.13. The van der Waals surface area contributed by atoms with Crippen LogP contribution in [0.3, 0.4) is 0 Å². The molecule has 1 aliphatic rings. The fraction of sp³-hybridized carbons (Fsp3) is 0.571. The lowest BCUT2D eigenvalue weighted by atomic mass is 10.2. The Morgan fingerprint density at radius 3 is 2.90 bits per heavy atom. The van der Waals surface area contributed by atoms with Gasteiger partial charge in [0.1, 0.15) is 0 Å². The van der Waals surface area contributed by atoms with Crippen molar-refractivity contribution in [3.63, 3.8) is 0 Å². The molecule has 0 bridgehead atoms. The quantitative estimate of drug-likeness (QED) is 0.535. The van der Waals surface area contributed by atoms with Crippen LogP contribution in [0.4, 0.5) is 0 Å². The first-order valence-corrected chi connectivity index (χ1v) is 3.29. The topological polar surface area (TPSA) is 40.5 Å². The Bertz CT molecular complexity index is 174. The van der Waals surface area contributed by atoms with Crippen LogP contribution in [-0.2, 0) is 4.79 Å². The zero-order chi connectivity index (χ0) is 7.56. The standard InChI is InChI=1S/C7H11NO2/c1-8-3-2-6(5-8)4-7(9)10/h4H,2-3,5H2,1H3,(H,9,10)/b6-4-. The summed E-state index contributed by atoms with van der Waals surface area (Å²) in [5, 5.41) is 8.37. The van der Waals surface area contributed by atoms with Crippen molar-refractivity contribution in [3.05, 3.63) is 11.6 Å². The summed E-state index contributed by atoms with van der Waals surface area (Å²) >= 11 is 0. The van der Waals surface area contributed by atoms with E-state index in [1.54, 1.807) is 0 Å². The van der Waals surface area contributed by atoms with Gasteiger partial charge in [-0.3, -0.25) is 0 Å². The van der Waals surface area contributed by atoms with Gasteiger partial charge in [0.15, 0.2) is 0 Å². The number of likely N-dealkylation sites (tertiary alicyclic amines) is 1. The molecule has 3 nitrogen and oxygen atoms in total. The number of hydrogen-bond donors (Lipinski definition) is 1. The van der Waals surface area contributed by atoms with E-state index in [1.165, 1.54) is 6.08 Å². The van der Waals surface area contributed by atoms with Crippen LogP contribution < -0.4 is 0 Å². The van der Waals surface area contributed by atoms with Gasteiger partial charge < -0.3 is 10.0 Å². The largest absolute Gasteiger partial charge is 0.478 e. The first-order valence-electron chi connectivity index (χ1n) is 3.29. The van der Waals surface area contributed by atoms with Crippen LogP contribution in [0.2, 0.25) is 0 Å². The minimum atomic E-state index is -0.828. The third-order valence-electron chi connectivity index (χ3n) is 1.62. The van der Waals surface area contributed by atoms with Gasteiger partial charge in [0.25, 0.3) is 0 Å². The molecular formula is C7H11NO2. The summed E-state index contributed by atoms with van der Waals surface area (Å²) in [5.74, 6) is -0.828. The van der Waals surface area contributed by atoms with Crippen molar-refractivity contribution < 1.29 is 9.90 Å². The van der Waals surface area contributed by atoms with Crippen molar-refractivity contribution in [1.29, 1.82) is 0 Å². The van der Waals surface area contributed by atoms with Gasteiger partial charge in [-0.25, -0.2) is 4.79 Å². The summed E-state index contributed by atoms with van der Waals surface area (Å²) in [4.78, 5) is 12.3. The second-order valence-electron chi connectivity index (χ2n) is 2.63. The fourth-order valence-electron chi connectivity index (χ4n) is 1.13. The summed E-state index contributed by atoms with van der Waals surface area (Å²) < 4.78 is 0. The molecule has 0 aromatic carbocycles. The maximum atomic E-state index is 10.2. The molecule has 3 heteroatoms. The van der Waals surface area contributed by atoms with Crippen molar-refractivity contribution in [3.8, 4) is 0 Å². The molecule has 0 aliphatic carbocycles. The molecule has 0 amide bonds. The Morgan fingerprint density at radius 2 is 2.50 bits per heavy atom. The zero-order valence-electron chi connectivity index (χ0n) is 6.00. The number of hydrogen-bond acceptors (Lipinski definition) is 2. The van der Waals surface area contributed by atoms with Gasteiger partial charge in [0.05, 0.1) is 0 Å². The van der Waals surface area contributed by atoms with Crippen molar-refractivity contribution >= 4 is 5.97 Å².